The van der Waals surface area contributed by atoms with E-state index in [1.54, 1.807) is 67.3 Å². The Morgan fingerprint density at radius 3 is 2.09 bits per heavy atom. The number of Topliss-reactive ketones (excluding diaryl/α,β-unsaturated/α-hetero) is 1. The number of ketones is 1. The lowest BCUT2D eigenvalue weighted by molar-refractivity contribution is -0.171. The number of para-hydroxylation sites is 1. The fourth-order valence-electron chi connectivity index (χ4n) is 5.49. The molecule has 3 aromatic carbocycles. The van der Waals surface area contributed by atoms with Crippen molar-refractivity contribution in [3.8, 4) is 11.5 Å². The van der Waals surface area contributed by atoms with Crippen molar-refractivity contribution in [3.63, 3.8) is 0 Å². The minimum Gasteiger partial charge on any atom is -0.476 e. The molecule has 44 heavy (non-hydrogen) atoms. The van der Waals surface area contributed by atoms with Gasteiger partial charge in [-0.05, 0) is 120 Å². The van der Waals surface area contributed by atoms with Crippen LogP contribution in [0.3, 0.4) is 0 Å². The average Bonchev–Trinajstić information content (AvgIpc) is 3.38. The Kier molecular flexibility index (Phi) is 10.1. The van der Waals surface area contributed by atoms with Crippen LogP contribution in [-0.2, 0) is 16.0 Å². The van der Waals surface area contributed by atoms with Crippen molar-refractivity contribution in [2.24, 2.45) is 11.8 Å². The van der Waals surface area contributed by atoms with E-state index in [0.29, 0.717) is 41.5 Å². The molecule has 0 spiro atoms. The van der Waals surface area contributed by atoms with Crippen LogP contribution in [0.2, 0.25) is 5.02 Å². The molecular formula is C36H42ClNO6. The summed E-state index contributed by atoms with van der Waals surface area (Å²) in [7, 11) is 0. The zero-order valence-corrected chi connectivity index (χ0v) is 27.4. The minimum atomic E-state index is -1.17. The standard InChI is InChI=1S/C36H42ClNO6/c1-23-19-25(20-24(2)32(23)43-36(6,7)33(40)44-35(3,4)5)13-14-27-21-38(34(41)42-29-11-9-8-10-12-29)22-30(27)31(39)26-15-17-28(37)18-16-26/h8-12,15-20,27,30H,13-14,21-22H2,1-7H3/t27-,30?/m0/s1. The summed E-state index contributed by atoms with van der Waals surface area (Å²) in [4.78, 5) is 41.1. The first-order chi connectivity index (χ1) is 20.6. The van der Waals surface area contributed by atoms with Gasteiger partial charge in [-0.2, -0.15) is 0 Å². The van der Waals surface area contributed by atoms with Crippen LogP contribution >= 0.6 is 11.6 Å². The maximum Gasteiger partial charge on any atom is 0.415 e. The lowest BCUT2D eigenvalue weighted by atomic mass is 9.84. The van der Waals surface area contributed by atoms with Gasteiger partial charge >= 0.3 is 12.1 Å². The topological polar surface area (TPSA) is 82.1 Å². The van der Waals surface area contributed by atoms with Crippen LogP contribution in [0.25, 0.3) is 0 Å². The zero-order chi connectivity index (χ0) is 32.2. The minimum absolute atomic E-state index is 0.0119. The van der Waals surface area contributed by atoms with E-state index in [2.05, 4.69) is 12.1 Å². The van der Waals surface area contributed by atoms with Gasteiger partial charge in [-0.15, -0.1) is 0 Å². The first-order valence-corrected chi connectivity index (χ1v) is 15.3. The van der Waals surface area contributed by atoms with Gasteiger partial charge in [0.1, 0.15) is 17.1 Å². The summed E-state index contributed by atoms with van der Waals surface area (Å²) in [5.41, 5.74) is 1.69. The molecule has 234 valence electrons. The molecule has 4 rings (SSSR count). The van der Waals surface area contributed by atoms with Crippen LogP contribution in [-0.4, -0.2) is 47.0 Å². The summed E-state index contributed by atoms with van der Waals surface area (Å²) in [6.07, 6.45) is 0.934. The molecule has 0 radical (unpaired) electrons. The quantitative estimate of drug-likeness (QED) is 0.178. The van der Waals surface area contributed by atoms with Crippen LogP contribution in [0.4, 0.5) is 4.79 Å². The normalized spacial score (nSPS) is 16.9. The third-order valence-corrected chi connectivity index (χ3v) is 7.94. The number of hydrogen-bond acceptors (Lipinski definition) is 6. The number of likely N-dealkylation sites (tertiary alicyclic amines) is 1. The fourth-order valence-corrected chi connectivity index (χ4v) is 5.61. The Bertz CT molecular complexity index is 1470. The number of esters is 1. The van der Waals surface area contributed by atoms with Gasteiger partial charge in [0, 0.05) is 29.6 Å². The maximum atomic E-state index is 13.7. The van der Waals surface area contributed by atoms with E-state index in [-0.39, 0.29) is 24.2 Å². The van der Waals surface area contributed by atoms with Gasteiger partial charge in [-0.1, -0.05) is 41.9 Å². The number of carbonyl (C=O) groups excluding carboxylic acids is 3. The largest absolute Gasteiger partial charge is 0.476 e. The lowest BCUT2D eigenvalue weighted by Crippen LogP contribution is -2.43. The Hall–Kier alpha value is -3.84. The molecule has 2 atom stereocenters. The van der Waals surface area contributed by atoms with Crippen molar-refractivity contribution in [2.45, 2.75) is 72.5 Å². The highest BCUT2D eigenvalue weighted by Gasteiger charge is 2.40. The van der Waals surface area contributed by atoms with Crippen LogP contribution in [0.15, 0.2) is 66.7 Å². The molecule has 0 aliphatic carbocycles. The molecule has 0 saturated carbocycles. The number of amides is 1. The van der Waals surface area contributed by atoms with Gasteiger partial charge in [-0.25, -0.2) is 9.59 Å². The second-order valence-corrected chi connectivity index (χ2v) is 13.5. The van der Waals surface area contributed by atoms with Crippen molar-refractivity contribution in [1.29, 1.82) is 0 Å². The van der Waals surface area contributed by atoms with Crippen LogP contribution in [0.1, 0.15) is 68.1 Å². The van der Waals surface area contributed by atoms with Crippen LogP contribution < -0.4 is 9.47 Å². The summed E-state index contributed by atoms with van der Waals surface area (Å²) in [6.45, 7) is 13.5. The molecule has 1 fully saturated rings. The first-order valence-electron chi connectivity index (χ1n) is 15.0. The predicted octanol–water partition coefficient (Wildman–Crippen LogP) is 8.02. The van der Waals surface area contributed by atoms with E-state index in [9.17, 15) is 14.4 Å². The molecule has 8 heteroatoms. The van der Waals surface area contributed by atoms with Crippen LogP contribution in [0, 0.1) is 25.7 Å². The number of nitrogens with zero attached hydrogens (tertiary/aromatic N) is 1. The third kappa shape index (κ3) is 8.41. The summed E-state index contributed by atoms with van der Waals surface area (Å²) < 4.78 is 17.4. The molecule has 0 N–H and O–H groups in total. The maximum absolute atomic E-state index is 13.7. The van der Waals surface area contributed by atoms with Crippen molar-refractivity contribution in [2.75, 3.05) is 13.1 Å². The van der Waals surface area contributed by atoms with E-state index >= 15 is 0 Å². The van der Waals surface area contributed by atoms with Gasteiger partial charge in [0.15, 0.2) is 11.4 Å². The molecular weight excluding hydrogens is 578 g/mol. The molecule has 3 aromatic rings. The lowest BCUT2D eigenvalue weighted by Gasteiger charge is -2.30. The zero-order valence-electron chi connectivity index (χ0n) is 26.6. The molecule has 1 amide bonds. The highest BCUT2D eigenvalue weighted by atomic mass is 35.5. The molecule has 1 aliphatic heterocycles. The molecule has 1 unspecified atom stereocenters. The summed E-state index contributed by atoms with van der Waals surface area (Å²) in [5, 5.41) is 0.560. The highest BCUT2D eigenvalue weighted by Crippen LogP contribution is 2.34. The number of aryl methyl sites for hydroxylation is 3. The summed E-state index contributed by atoms with van der Waals surface area (Å²) in [6, 6.07) is 19.9. The Morgan fingerprint density at radius 2 is 1.50 bits per heavy atom. The van der Waals surface area contributed by atoms with Gasteiger partial charge in [-0.3, -0.25) is 4.79 Å². The molecule has 0 bridgehead atoms. The molecule has 1 heterocycles. The fraction of sp³-hybridized carbons (Fsp3) is 0.417. The van der Waals surface area contributed by atoms with E-state index < -0.39 is 23.3 Å². The number of benzene rings is 3. The predicted molar refractivity (Wildman–Crippen MR) is 172 cm³/mol. The Morgan fingerprint density at radius 1 is 0.886 bits per heavy atom. The second-order valence-electron chi connectivity index (χ2n) is 13.0. The molecule has 0 aromatic heterocycles. The molecule has 1 saturated heterocycles. The third-order valence-electron chi connectivity index (χ3n) is 7.68. The van der Waals surface area contributed by atoms with E-state index in [0.717, 1.165) is 16.7 Å². The number of ether oxygens (including phenoxy) is 3. The van der Waals surface area contributed by atoms with Crippen molar-refractivity contribution < 1.29 is 28.6 Å². The van der Waals surface area contributed by atoms with Gasteiger partial charge in [0.05, 0.1) is 0 Å². The van der Waals surface area contributed by atoms with E-state index in [4.69, 9.17) is 25.8 Å². The number of hydrogen-bond donors (Lipinski definition) is 0. The number of halogens is 1. The van der Waals surface area contributed by atoms with E-state index in [1.165, 1.54) is 0 Å². The van der Waals surface area contributed by atoms with Gasteiger partial charge in [0.2, 0.25) is 0 Å². The highest BCUT2D eigenvalue weighted by molar-refractivity contribution is 6.30. The average molecular weight is 620 g/mol. The number of rotatable bonds is 9. The Labute approximate surface area is 265 Å². The first kappa shape index (κ1) is 33.1. The van der Waals surface area contributed by atoms with Gasteiger partial charge in [0.25, 0.3) is 0 Å². The van der Waals surface area contributed by atoms with Crippen LogP contribution in [0.5, 0.6) is 11.5 Å². The van der Waals surface area contributed by atoms with Crippen molar-refractivity contribution in [3.05, 3.63) is 94.0 Å². The second kappa shape index (κ2) is 13.4. The number of carbonyl (C=O) groups is 3. The van der Waals surface area contributed by atoms with E-state index in [1.807, 2.05) is 40.7 Å². The summed E-state index contributed by atoms with van der Waals surface area (Å²) >= 11 is 6.06. The van der Waals surface area contributed by atoms with Gasteiger partial charge < -0.3 is 19.1 Å². The summed E-state index contributed by atoms with van der Waals surface area (Å²) in [5.74, 6) is 0.229. The molecule has 7 nitrogen and oxygen atoms in total. The molecule has 1 aliphatic rings. The Balaban J connectivity index is 1.50. The van der Waals surface area contributed by atoms with Crippen molar-refractivity contribution in [1.82, 2.24) is 4.90 Å². The SMILES string of the molecule is Cc1cc(CC[C@H]2CN(C(=O)Oc3ccccc3)CC2C(=O)c2ccc(Cl)cc2)cc(C)c1OC(C)(C)C(=O)OC(C)(C)C. The van der Waals surface area contributed by atoms with Crippen molar-refractivity contribution >= 4 is 29.4 Å². The smallest absolute Gasteiger partial charge is 0.415 e. The monoisotopic (exact) mass is 619 g/mol.